The number of hydrogen-bond acceptors (Lipinski definition) is 4. The molecule has 0 saturated heterocycles. The monoisotopic (exact) mass is 313 g/mol. The van der Waals surface area contributed by atoms with Gasteiger partial charge in [0.1, 0.15) is 0 Å². The summed E-state index contributed by atoms with van der Waals surface area (Å²) in [4.78, 5) is 26.9. The Labute approximate surface area is 129 Å². The third-order valence-corrected chi connectivity index (χ3v) is 3.50. The lowest BCUT2D eigenvalue weighted by atomic mass is 9.84. The quantitative estimate of drug-likeness (QED) is 0.719. The predicted molar refractivity (Wildman–Crippen MR) is 82.4 cm³/mol. The lowest BCUT2D eigenvalue weighted by Crippen LogP contribution is -2.41. The largest absolute Gasteiger partial charge is 0.481 e. The molecule has 3 N–H and O–H groups in total. The highest BCUT2D eigenvalue weighted by Gasteiger charge is 2.24. The molecule has 0 spiro atoms. The molecule has 0 aliphatic heterocycles. The summed E-state index contributed by atoms with van der Waals surface area (Å²) in [6.45, 7) is 6.56. The Morgan fingerprint density at radius 3 is 2.62 bits per heavy atom. The second kappa shape index (κ2) is 7.97. The van der Waals surface area contributed by atoms with Crippen molar-refractivity contribution in [2.45, 2.75) is 33.6 Å². The van der Waals surface area contributed by atoms with Crippen molar-refractivity contribution in [2.75, 3.05) is 13.1 Å². The fourth-order valence-electron chi connectivity index (χ4n) is 1.93. The fourth-order valence-corrected chi connectivity index (χ4v) is 2.52. The average molecular weight is 313 g/mol. The molecule has 118 valence electrons. The number of nitrogens with one attached hydrogen (secondary N) is 2. The van der Waals surface area contributed by atoms with Crippen molar-refractivity contribution in [3.8, 4) is 0 Å². The molecule has 1 aromatic heterocycles. The van der Waals surface area contributed by atoms with Crippen LogP contribution in [0.2, 0.25) is 0 Å². The minimum Gasteiger partial charge on any atom is -0.481 e. The number of carbonyl (C=O) groups is 2. The third-order valence-electron chi connectivity index (χ3n) is 2.87. The first-order chi connectivity index (χ1) is 9.78. The summed E-state index contributed by atoms with van der Waals surface area (Å²) in [6.07, 6.45) is 1.18. The van der Waals surface area contributed by atoms with Gasteiger partial charge in [0.25, 0.3) is 0 Å². The molecule has 1 rings (SSSR count). The van der Waals surface area contributed by atoms with E-state index in [0.717, 1.165) is 5.69 Å². The summed E-state index contributed by atoms with van der Waals surface area (Å²) in [5.41, 5.74) is 2.60. The van der Waals surface area contributed by atoms with E-state index in [1.165, 1.54) is 11.3 Å². The molecule has 1 heterocycles. The van der Waals surface area contributed by atoms with Gasteiger partial charge in [0.2, 0.25) is 0 Å². The van der Waals surface area contributed by atoms with Gasteiger partial charge in [-0.1, -0.05) is 20.8 Å². The van der Waals surface area contributed by atoms with Gasteiger partial charge in [0, 0.05) is 24.9 Å². The molecule has 0 bridgehead atoms. The van der Waals surface area contributed by atoms with Crippen LogP contribution in [0.4, 0.5) is 4.79 Å². The smallest absolute Gasteiger partial charge is 0.314 e. The van der Waals surface area contributed by atoms with Crippen LogP contribution in [0.5, 0.6) is 0 Å². The second-order valence-corrected chi connectivity index (χ2v) is 6.89. The zero-order valence-corrected chi connectivity index (χ0v) is 13.5. The van der Waals surface area contributed by atoms with Gasteiger partial charge in [-0.25, -0.2) is 9.78 Å². The van der Waals surface area contributed by atoms with Gasteiger partial charge >= 0.3 is 12.0 Å². The molecule has 1 atom stereocenters. The molecule has 1 aromatic rings. The summed E-state index contributed by atoms with van der Waals surface area (Å²) in [5.74, 6) is -1.46. The number of nitrogens with zero attached hydrogens (tertiary/aromatic N) is 1. The van der Waals surface area contributed by atoms with Crippen LogP contribution in [-0.2, 0) is 11.2 Å². The predicted octanol–water partition coefficient (Wildman–Crippen LogP) is 2.12. The standard InChI is InChI=1S/C14H23N3O3S/c1-14(2,3)6-10(12(18)19)7-16-13(20)15-5-4-11-8-21-9-17-11/h8-10H,4-7H2,1-3H3,(H,18,19)(H2,15,16,20). The number of aliphatic carboxylic acids is 1. The van der Waals surface area contributed by atoms with E-state index in [4.69, 9.17) is 0 Å². The summed E-state index contributed by atoms with van der Waals surface area (Å²) in [5, 5.41) is 16.4. The van der Waals surface area contributed by atoms with Gasteiger partial charge in [-0.3, -0.25) is 4.79 Å². The first kappa shape index (κ1) is 17.4. The van der Waals surface area contributed by atoms with Crippen LogP contribution in [0.25, 0.3) is 0 Å². The van der Waals surface area contributed by atoms with Gasteiger partial charge < -0.3 is 15.7 Å². The first-order valence-corrected chi connectivity index (χ1v) is 7.84. The number of rotatable bonds is 7. The van der Waals surface area contributed by atoms with Gasteiger partial charge in [-0.15, -0.1) is 11.3 Å². The third kappa shape index (κ3) is 7.65. The van der Waals surface area contributed by atoms with Crippen LogP contribution in [0.1, 0.15) is 32.9 Å². The average Bonchev–Trinajstić information content (AvgIpc) is 2.86. The van der Waals surface area contributed by atoms with Crippen LogP contribution in [-0.4, -0.2) is 35.2 Å². The molecule has 6 nitrogen and oxygen atoms in total. The number of carboxylic acids is 1. The lowest BCUT2D eigenvalue weighted by molar-refractivity contribution is -0.142. The van der Waals surface area contributed by atoms with E-state index in [-0.39, 0.29) is 18.0 Å². The Morgan fingerprint density at radius 2 is 2.10 bits per heavy atom. The maximum atomic E-state index is 11.6. The summed E-state index contributed by atoms with van der Waals surface area (Å²) < 4.78 is 0. The summed E-state index contributed by atoms with van der Waals surface area (Å²) in [7, 11) is 0. The van der Waals surface area contributed by atoms with Crippen molar-refractivity contribution in [1.82, 2.24) is 15.6 Å². The van der Waals surface area contributed by atoms with Crippen LogP contribution in [0.15, 0.2) is 10.9 Å². The van der Waals surface area contributed by atoms with E-state index in [1.54, 1.807) is 5.51 Å². The van der Waals surface area contributed by atoms with E-state index >= 15 is 0 Å². The van der Waals surface area contributed by atoms with Crippen molar-refractivity contribution in [2.24, 2.45) is 11.3 Å². The molecular weight excluding hydrogens is 290 g/mol. The second-order valence-electron chi connectivity index (χ2n) is 6.17. The Balaban J connectivity index is 2.27. The van der Waals surface area contributed by atoms with Crippen LogP contribution >= 0.6 is 11.3 Å². The highest BCUT2D eigenvalue weighted by atomic mass is 32.1. The number of aromatic nitrogens is 1. The van der Waals surface area contributed by atoms with E-state index in [9.17, 15) is 14.7 Å². The molecule has 2 amide bonds. The van der Waals surface area contributed by atoms with Crippen LogP contribution in [0, 0.1) is 11.3 Å². The Kier molecular flexibility index (Phi) is 6.61. The lowest BCUT2D eigenvalue weighted by Gasteiger charge is -2.23. The number of hydrogen-bond donors (Lipinski definition) is 3. The minimum absolute atomic E-state index is 0.0914. The van der Waals surface area contributed by atoms with E-state index in [2.05, 4.69) is 15.6 Å². The maximum absolute atomic E-state index is 11.6. The van der Waals surface area contributed by atoms with Crippen LogP contribution in [0.3, 0.4) is 0 Å². The van der Waals surface area contributed by atoms with Gasteiger partial charge in [-0.2, -0.15) is 0 Å². The fraction of sp³-hybridized carbons (Fsp3) is 0.643. The van der Waals surface area contributed by atoms with E-state index < -0.39 is 11.9 Å². The first-order valence-electron chi connectivity index (χ1n) is 6.89. The minimum atomic E-state index is -0.882. The highest BCUT2D eigenvalue weighted by Crippen LogP contribution is 2.24. The molecular formula is C14H23N3O3S. The molecule has 7 heteroatoms. The summed E-state index contributed by atoms with van der Waals surface area (Å²) >= 11 is 1.52. The van der Waals surface area contributed by atoms with Gasteiger partial charge in [-0.05, 0) is 11.8 Å². The Morgan fingerprint density at radius 1 is 1.38 bits per heavy atom. The number of amides is 2. The Bertz CT molecular complexity index is 455. The molecule has 21 heavy (non-hydrogen) atoms. The van der Waals surface area contributed by atoms with Crippen LogP contribution < -0.4 is 10.6 Å². The molecule has 0 saturated carbocycles. The van der Waals surface area contributed by atoms with Crippen molar-refractivity contribution in [3.63, 3.8) is 0 Å². The number of thiazole rings is 1. The maximum Gasteiger partial charge on any atom is 0.314 e. The molecule has 0 aliphatic rings. The molecule has 0 aromatic carbocycles. The van der Waals surface area contributed by atoms with E-state index in [1.807, 2.05) is 26.2 Å². The summed E-state index contributed by atoms with van der Waals surface area (Å²) in [6, 6.07) is -0.342. The van der Waals surface area contributed by atoms with Gasteiger partial charge in [0.15, 0.2) is 0 Å². The van der Waals surface area contributed by atoms with Gasteiger partial charge in [0.05, 0.1) is 17.1 Å². The Hall–Kier alpha value is -1.63. The highest BCUT2D eigenvalue weighted by molar-refractivity contribution is 7.07. The zero-order valence-electron chi connectivity index (χ0n) is 12.7. The topological polar surface area (TPSA) is 91.3 Å². The molecule has 0 aliphatic carbocycles. The van der Waals surface area contributed by atoms with Crippen molar-refractivity contribution in [1.29, 1.82) is 0 Å². The molecule has 0 radical (unpaired) electrons. The number of carbonyl (C=O) groups excluding carboxylic acids is 1. The SMILES string of the molecule is CC(C)(C)CC(CNC(=O)NCCc1cscn1)C(=O)O. The molecule has 0 fully saturated rings. The van der Waals surface area contributed by atoms with E-state index in [0.29, 0.717) is 19.4 Å². The zero-order chi connectivity index (χ0) is 15.9. The number of urea groups is 1. The van der Waals surface area contributed by atoms with Crippen molar-refractivity contribution >= 4 is 23.3 Å². The number of carboxylic acid groups (broad SMARTS) is 1. The van der Waals surface area contributed by atoms with Crippen molar-refractivity contribution in [3.05, 3.63) is 16.6 Å². The normalized spacial score (nSPS) is 12.7. The van der Waals surface area contributed by atoms with Crippen molar-refractivity contribution < 1.29 is 14.7 Å². The molecule has 1 unspecified atom stereocenters.